The molecule has 0 N–H and O–H groups in total. The van der Waals surface area contributed by atoms with Crippen LogP contribution in [0, 0.1) is 0 Å². The molecular formula is C13H16BrClO2. The van der Waals surface area contributed by atoms with E-state index in [1.165, 1.54) is 12.8 Å². The van der Waals surface area contributed by atoms with Crippen molar-refractivity contribution in [3.63, 3.8) is 0 Å². The van der Waals surface area contributed by atoms with Gasteiger partial charge in [-0.1, -0.05) is 27.5 Å². The van der Waals surface area contributed by atoms with Crippen LogP contribution in [-0.2, 0) is 5.33 Å². The van der Waals surface area contributed by atoms with Crippen molar-refractivity contribution in [3.05, 3.63) is 22.7 Å². The number of rotatable bonds is 4. The fourth-order valence-corrected chi connectivity index (χ4v) is 2.83. The van der Waals surface area contributed by atoms with E-state index in [9.17, 15) is 0 Å². The van der Waals surface area contributed by atoms with E-state index in [1.54, 1.807) is 13.2 Å². The van der Waals surface area contributed by atoms with Crippen LogP contribution in [-0.4, -0.2) is 13.2 Å². The molecule has 2 nitrogen and oxygen atoms in total. The molecule has 1 fully saturated rings. The van der Waals surface area contributed by atoms with Crippen LogP contribution in [0.3, 0.4) is 0 Å². The highest BCUT2D eigenvalue weighted by Gasteiger charge is 2.20. The highest BCUT2D eigenvalue weighted by Crippen LogP contribution is 2.38. The first kappa shape index (κ1) is 13.0. The minimum atomic E-state index is 0.322. The Hall–Kier alpha value is -0.410. The van der Waals surface area contributed by atoms with Gasteiger partial charge in [0.25, 0.3) is 0 Å². The predicted octanol–water partition coefficient (Wildman–Crippen LogP) is 4.56. The second kappa shape index (κ2) is 5.96. The van der Waals surface area contributed by atoms with Crippen LogP contribution in [0.4, 0.5) is 0 Å². The lowest BCUT2D eigenvalue weighted by molar-refractivity contribution is 0.199. The lowest BCUT2D eigenvalue weighted by Crippen LogP contribution is -2.12. The number of methoxy groups -OCH3 is 1. The number of hydrogen-bond acceptors (Lipinski definition) is 2. The largest absolute Gasteiger partial charge is 0.493 e. The van der Waals surface area contributed by atoms with E-state index in [2.05, 4.69) is 15.9 Å². The van der Waals surface area contributed by atoms with Gasteiger partial charge in [-0.15, -0.1) is 0 Å². The number of ether oxygens (including phenoxy) is 2. The predicted molar refractivity (Wildman–Crippen MR) is 73.5 cm³/mol. The molecule has 1 aliphatic rings. The molecule has 0 saturated heterocycles. The van der Waals surface area contributed by atoms with E-state index in [1.807, 2.05) is 6.07 Å². The first-order valence-corrected chi connectivity index (χ1v) is 7.33. The third-order valence-corrected chi connectivity index (χ3v) is 3.87. The molecule has 1 aromatic carbocycles. The highest BCUT2D eigenvalue weighted by atomic mass is 79.9. The van der Waals surface area contributed by atoms with E-state index in [4.69, 9.17) is 21.1 Å². The lowest BCUT2D eigenvalue weighted by Gasteiger charge is -2.18. The summed E-state index contributed by atoms with van der Waals surface area (Å²) >= 11 is 9.50. The van der Waals surface area contributed by atoms with Crippen LogP contribution in [0.2, 0.25) is 5.02 Å². The molecule has 1 aliphatic carbocycles. The van der Waals surface area contributed by atoms with Crippen molar-refractivity contribution in [1.82, 2.24) is 0 Å². The summed E-state index contributed by atoms with van der Waals surface area (Å²) in [6.45, 7) is 0. The van der Waals surface area contributed by atoms with Crippen molar-refractivity contribution < 1.29 is 9.47 Å². The van der Waals surface area contributed by atoms with Gasteiger partial charge < -0.3 is 9.47 Å². The van der Waals surface area contributed by atoms with E-state index in [-0.39, 0.29) is 0 Å². The Balaban J connectivity index is 2.28. The smallest absolute Gasteiger partial charge is 0.165 e. The molecule has 1 saturated carbocycles. The van der Waals surface area contributed by atoms with Crippen LogP contribution in [0.25, 0.3) is 0 Å². The summed E-state index contributed by atoms with van der Waals surface area (Å²) < 4.78 is 11.4. The summed E-state index contributed by atoms with van der Waals surface area (Å²) in [6.07, 6.45) is 5.10. The third-order valence-electron chi connectivity index (χ3n) is 3.05. The highest BCUT2D eigenvalue weighted by molar-refractivity contribution is 9.08. The maximum Gasteiger partial charge on any atom is 0.165 e. The maximum atomic E-state index is 6.06. The first-order valence-electron chi connectivity index (χ1n) is 5.83. The Morgan fingerprint density at radius 3 is 2.65 bits per heavy atom. The van der Waals surface area contributed by atoms with Crippen molar-refractivity contribution in [3.8, 4) is 11.5 Å². The topological polar surface area (TPSA) is 18.5 Å². The molecule has 0 atom stereocenters. The molecule has 0 spiro atoms. The quantitative estimate of drug-likeness (QED) is 0.757. The van der Waals surface area contributed by atoms with Gasteiger partial charge in [0.2, 0.25) is 0 Å². The zero-order valence-corrected chi connectivity index (χ0v) is 12.2. The minimum absolute atomic E-state index is 0.322. The molecule has 17 heavy (non-hydrogen) atoms. The summed E-state index contributed by atoms with van der Waals surface area (Å²) in [4.78, 5) is 0. The first-order chi connectivity index (χ1) is 8.24. The van der Waals surface area contributed by atoms with Crippen molar-refractivity contribution >= 4 is 27.5 Å². The van der Waals surface area contributed by atoms with Crippen molar-refractivity contribution in [2.75, 3.05) is 7.11 Å². The second-order valence-electron chi connectivity index (χ2n) is 4.25. The Morgan fingerprint density at radius 1 is 1.35 bits per heavy atom. The fourth-order valence-electron chi connectivity index (χ4n) is 2.18. The van der Waals surface area contributed by atoms with Crippen LogP contribution >= 0.6 is 27.5 Å². The Kier molecular flexibility index (Phi) is 4.57. The Labute approximate surface area is 115 Å². The van der Waals surface area contributed by atoms with Crippen molar-refractivity contribution in [2.24, 2.45) is 0 Å². The zero-order chi connectivity index (χ0) is 12.3. The molecular weight excluding hydrogens is 303 g/mol. The molecule has 0 radical (unpaired) electrons. The lowest BCUT2D eigenvalue weighted by atomic mass is 10.2. The van der Waals surface area contributed by atoms with Gasteiger partial charge in [0.15, 0.2) is 11.5 Å². The Morgan fingerprint density at radius 2 is 2.06 bits per heavy atom. The number of benzene rings is 1. The Bertz CT molecular complexity index is 364. The van der Waals surface area contributed by atoms with Crippen LogP contribution < -0.4 is 9.47 Å². The zero-order valence-electron chi connectivity index (χ0n) is 9.84. The summed E-state index contributed by atoms with van der Waals surface area (Å²) in [5.41, 5.74) is 1.04. The third kappa shape index (κ3) is 3.08. The van der Waals surface area contributed by atoms with E-state index in [0.717, 1.165) is 29.9 Å². The van der Waals surface area contributed by atoms with Crippen LogP contribution in [0.1, 0.15) is 31.2 Å². The molecule has 94 valence electrons. The molecule has 0 aliphatic heterocycles. The molecule has 1 aromatic rings. The number of alkyl halides is 1. The minimum Gasteiger partial charge on any atom is -0.493 e. The SMILES string of the molecule is COc1cc(Cl)cc(CBr)c1OC1CCCC1. The monoisotopic (exact) mass is 318 g/mol. The van der Waals surface area contributed by atoms with Gasteiger partial charge in [0.1, 0.15) is 0 Å². The average molecular weight is 320 g/mol. The number of hydrogen-bond donors (Lipinski definition) is 0. The molecule has 0 unspecified atom stereocenters. The average Bonchev–Trinajstić information content (AvgIpc) is 2.83. The van der Waals surface area contributed by atoms with E-state index < -0.39 is 0 Å². The summed E-state index contributed by atoms with van der Waals surface area (Å²) in [6, 6.07) is 3.72. The molecule has 0 heterocycles. The summed E-state index contributed by atoms with van der Waals surface area (Å²) in [5, 5.41) is 1.39. The standard InChI is InChI=1S/C13H16BrClO2/c1-16-12-7-10(15)6-9(8-14)13(12)17-11-4-2-3-5-11/h6-7,11H,2-5,8H2,1H3. The van der Waals surface area contributed by atoms with Crippen LogP contribution in [0.15, 0.2) is 12.1 Å². The van der Waals surface area contributed by atoms with Crippen LogP contribution in [0.5, 0.6) is 11.5 Å². The van der Waals surface area contributed by atoms with Gasteiger partial charge in [0, 0.05) is 22.0 Å². The van der Waals surface area contributed by atoms with Gasteiger partial charge in [-0.25, -0.2) is 0 Å². The molecule has 0 bridgehead atoms. The molecule has 0 amide bonds. The second-order valence-corrected chi connectivity index (χ2v) is 5.25. The van der Waals surface area contributed by atoms with Crippen molar-refractivity contribution in [2.45, 2.75) is 37.1 Å². The maximum absolute atomic E-state index is 6.06. The summed E-state index contributed by atoms with van der Waals surface area (Å²) in [7, 11) is 1.64. The van der Waals surface area contributed by atoms with Gasteiger partial charge in [-0.3, -0.25) is 0 Å². The van der Waals surface area contributed by atoms with Crippen molar-refractivity contribution in [1.29, 1.82) is 0 Å². The molecule has 4 heteroatoms. The van der Waals surface area contributed by atoms with Gasteiger partial charge in [-0.2, -0.15) is 0 Å². The summed E-state index contributed by atoms with van der Waals surface area (Å²) in [5.74, 6) is 1.56. The van der Waals surface area contributed by atoms with E-state index >= 15 is 0 Å². The number of halogens is 2. The molecule has 2 rings (SSSR count). The van der Waals surface area contributed by atoms with Gasteiger partial charge in [0.05, 0.1) is 13.2 Å². The van der Waals surface area contributed by atoms with E-state index in [0.29, 0.717) is 16.5 Å². The normalized spacial score (nSPS) is 16.2. The fraction of sp³-hybridized carbons (Fsp3) is 0.538. The van der Waals surface area contributed by atoms with Gasteiger partial charge in [-0.05, 0) is 31.7 Å². The van der Waals surface area contributed by atoms with Gasteiger partial charge >= 0.3 is 0 Å². The molecule has 0 aromatic heterocycles.